The number of nitro benzene ring substituents is 1. The van der Waals surface area contributed by atoms with Crippen LogP contribution in [0, 0.1) is 10.1 Å². The fraction of sp³-hybridized carbons (Fsp3) is 0. The van der Waals surface area contributed by atoms with Gasteiger partial charge < -0.3 is 10.3 Å². The number of nitrogen functional groups attached to an aromatic ring is 1. The van der Waals surface area contributed by atoms with E-state index in [0.717, 1.165) is 0 Å². The highest BCUT2D eigenvalue weighted by atomic mass is 16.6. The molecule has 0 aliphatic heterocycles. The van der Waals surface area contributed by atoms with Gasteiger partial charge in [-0.3, -0.25) is 14.9 Å². The summed E-state index contributed by atoms with van der Waals surface area (Å²) in [6.45, 7) is 0. The van der Waals surface area contributed by atoms with Crippen molar-refractivity contribution in [1.82, 2.24) is 4.57 Å². The number of nitro groups is 1. The van der Waals surface area contributed by atoms with Crippen LogP contribution in [0.5, 0.6) is 0 Å². The van der Waals surface area contributed by atoms with Gasteiger partial charge in [-0.1, -0.05) is 0 Å². The third-order valence-corrected chi connectivity index (χ3v) is 2.30. The van der Waals surface area contributed by atoms with Crippen LogP contribution in [0.25, 0.3) is 5.69 Å². The van der Waals surface area contributed by atoms with E-state index < -0.39 is 4.92 Å². The lowest BCUT2D eigenvalue weighted by atomic mass is 10.2. The SMILES string of the molecule is Nc1cc(-n2ccc(=O)cc2)ccc1[N+](=O)[O-]. The van der Waals surface area contributed by atoms with Crippen LogP contribution >= 0.6 is 0 Å². The molecule has 0 atom stereocenters. The Morgan fingerprint density at radius 3 is 2.35 bits per heavy atom. The number of benzene rings is 1. The molecule has 0 saturated heterocycles. The van der Waals surface area contributed by atoms with Crippen LogP contribution in [-0.4, -0.2) is 9.49 Å². The summed E-state index contributed by atoms with van der Waals surface area (Å²) in [6.07, 6.45) is 3.14. The molecular weight excluding hydrogens is 222 g/mol. The number of nitrogens with two attached hydrogens (primary N) is 1. The van der Waals surface area contributed by atoms with Crippen LogP contribution in [0.15, 0.2) is 47.5 Å². The minimum atomic E-state index is -0.537. The smallest absolute Gasteiger partial charge is 0.292 e. The summed E-state index contributed by atoms with van der Waals surface area (Å²) < 4.78 is 1.65. The fourth-order valence-corrected chi connectivity index (χ4v) is 1.45. The van der Waals surface area contributed by atoms with E-state index in [1.54, 1.807) is 23.0 Å². The molecule has 2 rings (SSSR count). The Kier molecular flexibility index (Phi) is 2.61. The van der Waals surface area contributed by atoms with E-state index in [4.69, 9.17) is 5.73 Å². The first-order valence-corrected chi connectivity index (χ1v) is 4.80. The van der Waals surface area contributed by atoms with Crippen molar-refractivity contribution in [3.63, 3.8) is 0 Å². The Morgan fingerprint density at radius 1 is 1.18 bits per heavy atom. The zero-order chi connectivity index (χ0) is 12.4. The number of hydrogen-bond donors (Lipinski definition) is 1. The largest absolute Gasteiger partial charge is 0.393 e. The molecule has 6 heteroatoms. The van der Waals surface area contributed by atoms with E-state index >= 15 is 0 Å². The lowest BCUT2D eigenvalue weighted by Crippen LogP contribution is -2.03. The minimum absolute atomic E-state index is 0.0891. The van der Waals surface area contributed by atoms with Gasteiger partial charge in [0.1, 0.15) is 5.69 Å². The number of nitrogens with zero attached hydrogens (tertiary/aromatic N) is 2. The van der Waals surface area contributed by atoms with Gasteiger partial charge in [0.2, 0.25) is 0 Å². The molecule has 1 aromatic heterocycles. The number of pyridine rings is 1. The second kappa shape index (κ2) is 4.09. The molecule has 0 aliphatic carbocycles. The maximum Gasteiger partial charge on any atom is 0.292 e. The molecule has 1 aromatic carbocycles. The van der Waals surface area contributed by atoms with E-state index in [1.165, 1.54) is 24.3 Å². The molecule has 0 fully saturated rings. The summed E-state index contributed by atoms with van der Waals surface area (Å²) in [6, 6.07) is 7.19. The predicted molar refractivity (Wildman–Crippen MR) is 63.1 cm³/mol. The van der Waals surface area contributed by atoms with Gasteiger partial charge in [0, 0.05) is 36.3 Å². The summed E-state index contributed by atoms with van der Waals surface area (Å²) >= 11 is 0. The van der Waals surface area contributed by atoms with Gasteiger partial charge in [-0.05, 0) is 12.1 Å². The molecular formula is C11H9N3O3. The van der Waals surface area contributed by atoms with Crippen molar-refractivity contribution in [3.05, 3.63) is 63.1 Å². The average Bonchev–Trinajstić information content (AvgIpc) is 2.29. The van der Waals surface area contributed by atoms with Gasteiger partial charge in [-0.25, -0.2) is 0 Å². The lowest BCUT2D eigenvalue weighted by molar-refractivity contribution is -0.383. The third-order valence-electron chi connectivity index (χ3n) is 2.30. The Balaban J connectivity index is 2.48. The molecule has 0 radical (unpaired) electrons. The van der Waals surface area contributed by atoms with Crippen LogP contribution in [0.2, 0.25) is 0 Å². The molecule has 0 aliphatic rings. The van der Waals surface area contributed by atoms with E-state index in [2.05, 4.69) is 0 Å². The highest BCUT2D eigenvalue weighted by Gasteiger charge is 2.11. The normalized spacial score (nSPS) is 10.1. The monoisotopic (exact) mass is 231 g/mol. The van der Waals surface area contributed by atoms with Crippen molar-refractivity contribution >= 4 is 11.4 Å². The molecule has 86 valence electrons. The summed E-state index contributed by atoms with van der Waals surface area (Å²) in [5.41, 5.74) is 6.09. The summed E-state index contributed by atoms with van der Waals surface area (Å²) in [5, 5.41) is 10.6. The third kappa shape index (κ3) is 2.15. The van der Waals surface area contributed by atoms with Gasteiger partial charge in [-0.2, -0.15) is 0 Å². The van der Waals surface area contributed by atoms with Crippen molar-refractivity contribution in [2.45, 2.75) is 0 Å². The van der Waals surface area contributed by atoms with Crippen LogP contribution < -0.4 is 11.2 Å². The molecule has 0 bridgehead atoms. The van der Waals surface area contributed by atoms with E-state index in [0.29, 0.717) is 5.69 Å². The topological polar surface area (TPSA) is 91.2 Å². The Labute approximate surface area is 96.1 Å². The molecule has 2 N–H and O–H groups in total. The zero-order valence-electron chi connectivity index (χ0n) is 8.74. The van der Waals surface area contributed by atoms with Crippen molar-refractivity contribution in [1.29, 1.82) is 0 Å². The zero-order valence-corrected chi connectivity index (χ0v) is 8.74. The molecule has 0 saturated carbocycles. The van der Waals surface area contributed by atoms with Gasteiger partial charge in [0.15, 0.2) is 5.43 Å². The summed E-state index contributed by atoms with van der Waals surface area (Å²) in [7, 11) is 0. The number of anilines is 1. The maximum atomic E-state index is 10.9. The van der Waals surface area contributed by atoms with Gasteiger partial charge in [0.25, 0.3) is 5.69 Å². The van der Waals surface area contributed by atoms with Gasteiger partial charge in [0.05, 0.1) is 4.92 Å². The van der Waals surface area contributed by atoms with Crippen molar-refractivity contribution in [3.8, 4) is 5.69 Å². The molecule has 0 amide bonds. The highest BCUT2D eigenvalue weighted by Crippen LogP contribution is 2.23. The number of hydrogen-bond acceptors (Lipinski definition) is 4. The minimum Gasteiger partial charge on any atom is -0.393 e. The molecule has 2 aromatic rings. The maximum absolute atomic E-state index is 10.9. The van der Waals surface area contributed by atoms with E-state index in [1.807, 2.05) is 0 Å². The van der Waals surface area contributed by atoms with Gasteiger partial charge in [-0.15, -0.1) is 0 Å². The Bertz CT molecular complexity index is 614. The lowest BCUT2D eigenvalue weighted by Gasteiger charge is -2.06. The first-order valence-electron chi connectivity index (χ1n) is 4.80. The van der Waals surface area contributed by atoms with Crippen LogP contribution in [0.3, 0.4) is 0 Å². The molecule has 1 heterocycles. The number of aromatic nitrogens is 1. The Hall–Kier alpha value is -2.63. The van der Waals surface area contributed by atoms with Crippen molar-refractivity contribution in [2.24, 2.45) is 0 Å². The van der Waals surface area contributed by atoms with Crippen molar-refractivity contribution < 1.29 is 4.92 Å². The van der Waals surface area contributed by atoms with E-state index in [-0.39, 0.29) is 16.8 Å². The van der Waals surface area contributed by atoms with E-state index in [9.17, 15) is 14.9 Å². The highest BCUT2D eigenvalue weighted by molar-refractivity contribution is 5.62. The Morgan fingerprint density at radius 2 is 1.82 bits per heavy atom. The predicted octanol–water partition coefficient (Wildman–Crippen LogP) is 1.33. The first-order chi connectivity index (χ1) is 8.08. The summed E-state index contributed by atoms with van der Waals surface area (Å²) in [5.74, 6) is 0. The first kappa shape index (κ1) is 10.9. The summed E-state index contributed by atoms with van der Waals surface area (Å²) in [4.78, 5) is 21.0. The molecule has 17 heavy (non-hydrogen) atoms. The molecule has 6 nitrogen and oxygen atoms in total. The standard InChI is InChI=1S/C11H9N3O3/c12-10-7-8(1-2-11(10)14(16)17)13-5-3-9(15)4-6-13/h1-7H,12H2. The van der Waals surface area contributed by atoms with Crippen LogP contribution in [0.1, 0.15) is 0 Å². The van der Waals surface area contributed by atoms with Gasteiger partial charge >= 0.3 is 0 Å². The second-order valence-corrected chi connectivity index (χ2v) is 3.44. The molecule has 0 unspecified atom stereocenters. The average molecular weight is 231 g/mol. The number of rotatable bonds is 2. The molecule has 0 spiro atoms. The van der Waals surface area contributed by atoms with Crippen LogP contribution in [-0.2, 0) is 0 Å². The van der Waals surface area contributed by atoms with Crippen LogP contribution in [0.4, 0.5) is 11.4 Å². The quantitative estimate of drug-likeness (QED) is 0.479. The van der Waals surface area contributed by atoms with Crippen molar-refractivity contribution in [2.75, 3.05) is 5.73 Å². The second-order valence-electron chi connectivity index (χ2n) is 3.44. The fourth-order valence-electron chi connectivity index (χ4n) is 1.45.